The number of nitriles is 2. The molecule has 0 radical (unpaired) electrons. The Morgan fingerprint density at radius 1 is 0.623 bits per heavy atom. The minimum absolute atomic E-state index is 0.201. The van der Waals surface area contributed by atoms with Gasteiger partial charge in [-0.25, -0.2) is 0 Å². The summed E-state index contributed by atoms with van der Waals surface area (Å²) in [4.78, 5) is 8.30. The van der Waals surface area contributed by atoms with Crippen LogP contribution in [0.3, 0.4) is 0 Å². The summed E-state index contributed by atoms with van der Waals surface area (Å²) < 4.78 is 25.2. The molecule has 0 atom stereocenters. The third-order valence-electron chi connectivity index (χ3n) is 11.0. The van der Waals surface area contributed by atoms with Crippen molar-refractivity contribution < 1.29 is 18.9 Å². The van der Waals surface area contributed by atoms with E-state index in [1.165, 1.54) is 25.2 Å². The predicted molar refractivity (Wildman–Crippen MR) is 236 cm³/mol. The summed E-state index contributed by atoms with van der Waals surface area (Å²) in [5.41, 5.74) is 16.5. The highest BCUT2D eigenvalue weighted by molar-refractivity contribution is 6.32. The molecule has 0 saturated heterocycles. The van der Waals surface area contributed by atoms with E-state index in [2.05, 4.69) is 59.5 Å². The number of hydrogen-bond donors (Lipinski definition) is 2. The molecule has 3 N–H and O–H groups in total. The van der Waals surface area contributed by atoms with Crippen molar-refractivity contribution in [2.75, 3.05) is 0 Å². The van der Waals surface area contributed by atoms with Crippen LogP contribution < -0.4 is 30.0 Å². The molecule has 0 unspecified atom stereocenters. The van der Waals surface area contributed by atoms with E-state index in [4.69, 9.17) is 47.9 Å². The highest BCUT2D eigenvalue weighted by Gasteiger charge is 2.19. The largest absolute Gasteiger partial charge is 0.488 e. The summed E-state index contributed by atoms with van der Waals surface area (Å²) >= 11 is 13.6. The Morgan fingerprint density at radius 3 is 1.59 bits per heavy atom. The van der Waals surface area contributed by atoms with Crippen LogP contribution in [-0.4, -0.2) is 16.0 Å². The van der Waals surface area contributed by atoms with Gasteiger partial charge in [0.2, 0.25) is 0 Å². The molecule has 7 rings (SSSR count). The molecule has 12 heteroatoms. The van der Waals surface area contributed by atoms with E-state index < -0.39 is 0 Å². The summed E-state index contributed by atoms with van der Waals surface area (Å²) in [5, 5.41) is 23.2. The zero-order valence-electron chi connectivity index (χ0n) is 34.1. The summed E-state index contributed by atoms with van der Waals surface area (Å²) in [6.45, 7) is 6.03. The molecular weight excluding hydrogens is 807 g/mol. The van der Waals surface area contributed by atoms with Crippen molar-refractivity contribution >= 4 is 23.2 Å². The average molecular weight is 854 g/mol. The van der Waals surface area contributed by atoms with Crippen LogP contribution in [0.15, 0.2) is 97.6 Å². The lowest BCUT2D eigenvalue weighted by Gasteiger charge is -2.19. The van der Waals surface area contributed by atoms with Crippen LogP contribution in [0.25, 0.3) is 11.1 Å². The number of ether oxygens (including phenoxy) is 4. The van der Waals surface area contributed by atoms with Gasteiger partial charge in [-0.05, 0) is 84.3 Å². The van der Waals surface area contributed by atoms with E-state index in [1.807, 2.05) is 30.3 Å². The first-order valence-electron chi connectivity index (χ1n) is 20.2. The zero-order chi connectivity index (χ0) is 42.7. The highest BCUT2D eigenvalue weighted by Crippen LogP contribution is 2.37. The number of nitrogens with two attached hydrogens (primary N) is 1. The third-order valence-corrected chi connectivity index (χ3v) is 11.6. The second-order valence-electron chi connectivity index (χ2n) is 15.1. The van der Waals surface area contributed by atoms with Crippen molar-refractivity contribution in [2.24, 2.45) is 5.73 Å². The number of nitrogens with one attached hydrogen (secondary N) is 1. The van der Waals surface area contributed by atoms with E-state index in [1.54, 1.807) is 36.7 Å². The van der Waals surface area contributed by atoms with Crippen LogP contribution in [0, 0.1) is 36.5 Å². The molecule has 1 aliphatic carbocycles. The van der Waals surface area contributed by atoms with Gasteiger partial charge in [0.15, 0.2) is 0 Å². The maximum Gasteiger partial charge on any atom is 0.142 e. The van der Waals surface area contributed by atoms with Gasteiger partial charge in [0, 0.05) is 78.3 Å². The lowest BCUT2D eigenvalue weighted by atomic mass is 9.92. The molecule has 4 aromatic carbocycles. The molecule has 0 spiro atoms. The van der Waals surface area contributed by atoms with Crippen molar-refractivity contribution in [2.45, 2.75) is 85.1 Å². The standard InChI is InChI=1S/C49H46Cl2N6O4/c1-31-37(29-60-48-17-46(39(21-54)15-44(48)50)58-27-35-13-33(19-52)22-55-24-35)7-5-11-42(31)43-12-6-8-38(32(43)2)30-61-49-18-47(59-28-36-14-34(20-53)23-56-25-36)40(16-45(49)51)26-57-41-9-3-4-10-41/h5-8,11-18,22-25,41,57H,3-4,9-10,21,26-30,54H2,1-2H3. The Balaban J connectivity index is 1.06. The molecule has 0 aliphatic heterocycles. The van der Waals surface area contributed by atoms with E-state index in [0.717, 1.165) is 68.5 Å². The molecule has 1 saturated carbocycles. The number of halogens is 2. The lowest BCUT2D eigenvalue weighted by molar-refractivity contribution is 0.286. The van der Waals surface area contributed by atoms with Crippen LogP contribution >= 0.6 is 23.2 Å². The number of nitrogens with zero attached hydrogens (tertiary/aromatic N) is 4. The Morgan fingerprint density at radius 2 is 1.10 bits per heavy atom. The van der Waals surface area contributed by atoms with Crippen molar-refractivity contribution in [1.82, 2.24) is 15.3 Å². The summed E-state index contributed by atoms with van der Waals surface area (Å²) in [6.07, 6.45) is 11.2. The van der Waals surface area contributed by atoms with Gasteiger partial charge in [0.25, 0.3) is 0 Å². The molecule has 1 fully saturated rings. The second kappa shape index (κ2) is 20.4. The third kappa shape index (κ3) is 10.8. The molecule has 2 heterocycles. The normalized spacial score (nSPS) is 12.4. The van der Waals surface area contributed by atoms with Crippen molar-refractivity contribution in [3.05, 3.63) is 163 Å². The fraction of sp³-hybridized carbons (Fsp3) is 0.265. The topological polar surface area (TPSA) is 148 Å². The van der Waals surface area contributed by atoms with Crippen LogP contribution in [0.5, 0.6) is 23.0 Å². The van der Waals surface area contributed by atoms with Crippen molar-refractivity contribution in [3.8, 4) is 46.3 Å². The molecule has 6 aromatic rings. The van der Waals surface area contributed by atoms with Gasteiger partial charge < -0.3 is 30.0 Å². The summed E-state index contributed by atoms with van der Waals surface area (Å²) in [6, 6.07) is 27.9. The quantitative estimate of drug-likeness (QED) is 0.0908. The number of hydrogen-bond acceptors (Lipinski definition) is 10. The SMILES string of the molecule is Cc1c(COc2cc(OCc3cncc(C#N)c3)c(CN)cc2Cl)cccc1-c1cccc(COc2cc(OCc3cncc(C#N)c3)c(CNC3CCCC3)cc2Cl)c1C. The maximum absolute atomic E-state index is 9.36. The average Bonchev–Trinajstić information content (AvgIpc) is 3.81. The lowest BCUT2D eigenvalue weighted by Crippen LogP contribution is -2.25. The van der Waals surface area contributed by atoms with Gasteiger partial charge in [0.1, 0.15) is 61.6 Å². The van der Waals surface area contributed by atoms with E-state index in [9.17, 15) is 10.5 Å². The van der Waals surface area contributed by atoms with Gasteiger partial charge in [-0.2, -0.15) is 10.5 Å². The van der Waals surface area contributed by atoms with E-state index >= 15 is 0 Å². The first-order chi connectivity index (χ1) is 29.7. The predicted octanol–water partition coefficient (Wildman–Crippen LogP) is 10.6. The van der Waals surface area contributed by atoms with Crippen molar-refractivity contribution in [1.29, 1.82) is 10.5 Å². The van der Waals surface area contributed by atoms with Gasteiger partial charge in [-0.15, -0.1) is 0 Å². The first kappa shape index (κ1) is 43.0. The molecule has 0 amide bonds. The smallest absolute Gasteiger partial charge is 0.142 e. The Labute approximate surface area is 366 Å². The minimum Gasteiger partial charge on any atom is -0.488 e. The van der Waals surface area contributed by atoms with Gasteiger partial charge in [0.05, 0.1) is 21.2 Å². The van der Waals surface area contributed by atoms with E-state index in [-0.39, 0.29) is 33.0 Å². The molecule has 10 nitrogen and oxygen atoms in total. The Bertz CT molecular complexity index is 2600. The molecule has 2 aromatic heterocycles. The van der Waals surface area contributed by atoms with Crippen LogP contribution in [-0.2, 0) is 39.5 Å². The molecular formula is C49H46Cl2N6O4. The molecule has 61 heavy (non-hydrogen) atoms. The second-order valence-corrected chi connectivity index (χ2v) is 15.9. The zero-order valence-corrected chi connectivity index (χ0v) is 35.7. The summed E-state index contributed by atoms with van der Waals surface area (Å²) in [5.74, 6) is 2.19. The fourth-order valence-electron chi connectivity index (χ4n) is 7.48. The summed E-state index contributed by atoms with van der Waals surface area (Å²) in [7, 11) is 0. The van der Waals surface area contributed by atoms with Gasteiger partial charge in [-0.1, -0.05) is 72.4 Å². The molecule has 0 bridgehead atoms. The van der Waals surface area contributed by atoms with Crippen LogP contribution in [0.2, 0.25) is 10.0 Å². The van der Waals surface area contributed by atoms with Crippen LogP contribution in [0.1, 0.15) is 81.3 Å². The molecule has 1 aliphatic rings. The molecule has 310 valence electrons. The van der Waals surface area contributed by atoms with Crippen molar-refractivity contribution in [3.63, 3.8) is 0 Å². The fourth-order valence-corrected chi connectivity index (χ4v) is 7.96. The van der Waals surface area contributed by atoms with Crippen LogP contribution in [0.4, 0.5) is 0 Å². The highest BCUT2D eigenvalue weighted by atomic mass is 35.5. The first-order valence-corrected chi connectivity index (χ1v) is 20.9. The number of rotatable bonds is 17. The van der Waals surface area contributed by atoms with Gasteiger partial charge >= 0.3 is 0 Å². The number of aromatic nitrogens is 2. The number of benzene rings is 4. The number of pyridine rings is 2. The minimum atomic E-state index is 0.201. The monoisotopic (exact) mass is 852 g/mol. The Kier molecular flexibility index (Phi) is 14.4. The van der Waals surface area contributed by atoms with E-state index in [0.29, 0.717) is 56.8 Å². The Hall–Kier alpha value is -6.14. The maximum atomic E-state index is 9.36. The van der Waals surface area contributed by atoms with Gasteiger partial charge in [-0.3, -0.25) is 9.97 Å².